The number of carbonyl (C=O) groups excluding carboxylic acids is 2. The average Bonchev–Trinajstić information content (AvgIpc) is 2.68. The Hall–Kier alpha value is -3.19. The molecule has 2 aromatic rings. The van der Waals surface area contributed by atoms with E-state index >= 15 is 0 Å². The van der Waals surface area contributed by atoms with Gasteiger partial charge in [-0.2, -0.15) is 0 Å². The van der Waals surface area contributed by atoms with Crippen molar-refractivity contribution in [2.45, 2.75) is 39.7 Å². The van der Waals surface area contributed by atoms with E-state index in [1.165, 1.54) is 6.92 Å². The van der Waals surface area contributed by atoms with Gasteiger partial charge in [-0.25, -0.2) is 10.3 Å². The molecular weight excluding hydrogens is 374 g/mol. The Balaban J connectivity index is 1.66. The van der Waals surface area contributed by atoms with Crippen LogP contribution in [-0.2, 0) is 27.5 Å². The van der Waals surface area contributed by atoms with Crippen molar-refractivity contribution >= 4 is 17.8 Å². The second-order valence-electron chi connectivity index (χ2n) is 6.90. The minimum atomic E-state index is -0.943. The van der Waals surface area contributed by atoms with Crippen molar-refractivity contribution in [1.82, 2.24) is 5.48 Å². The lowest BCUT2D eigenvalue weighted by molar-refractivity contribution is -0.135. The van der Waals surface area contributed by atoms with Crippen LogP contribution in [0.5, 0.6) is 5.75 Å². The van der Waals surface area contributed by atoms with Crippen molar-refractivity contribution in [2.75, 3.05) is 0 Å². The number of hydrogen-bond donors (Lipinski definition) is 2. The second-order valence-corrected chi connectivity index (χ2v) is 6.90. The lowest BCUT2D eigenvalue weighted by Gasteiger charge is -2.12. The van der Waals surface area contributed by atoms with Crippen LogP contribution < -0.4 is 10.2 Å². The molecule has 0 saturated carbocycles. The summed E-state index contributed by atoms with van der Waals surface area (Å²) < 4.78 is 4.95. The quantitative estimate of drug-likeness (QED) is 0.360. The zero-order valence-corrected chi connectivity index (χ0v) is 16.5. The van der Waals surface area contributed by atoms with Crippen molar-refractivity contribution in [2.24, 2.45) is 5.92 Å². The van der Waals surface area contributed by atoms with Crippen LogP contribution in [0.2, 0.25) is 0 Å². The van der Waals surface area contributed by atoms with E-state index in [0.717, 1.165) is 17.5 Å². The van der Waals surface area contributed by atoms with Gasteiger partial charge in [-0.15, -0.1) is 0 Å². The molecule has 29 heavy (non-hydrogen) atoms. The molecule has 7 heteroatoms. The van der Waals surface area contributed by atoms with Crippen molar-refractivity contribution in [1.29, 1.82) is 0 Å². The molecule has 0 bridgehead atoms. The number of carboxylic acid groups (broad SMARTS) is 1. The number of ether oxygens (including phenoxy) is 1. The number of carboxylic acids is 1. The number of hydroxylamine groups is 1. The zero-order valence-electron chi connectivity index (χ0n) is 16.5. The lowest BCUT2D eigenvalue weighted by Crippen LogP contribution is -2.23. The second kappa shape index (κ2) is 11.0. The van der Waals surface area contributed by atoms with E-state index < -0.39 is 5.97 Å². The molecule has 2 rings (SSSR count). The van der Waals surface area contributed by atoms with Gasteiger partial charge in [-0.3, -0.25) is 14.4 Å². The van der Waals surface area contributed by atoms with Crippen LogP contribution in [0.25, 0.3) is 0 Å². The van der Waals surface area contributed by atoms with E-state index in [-0.39, 0.29) is 30.0 Å². The summed E-state index contributed by atoms with van der Waals surface area (Å²) in [6, 6.07) is 13.6. The van der Waals surface area contributed by atoms with E-state index in [1.807, 2.05) is 6.92 Å². The number of amides is 1. The molecule has 0 aliphatic heterocycles. The van der Waals surface area contributed by atoms with Gasteiger partial charge in [0, 0.05) is 13.3 Å². The Morgan fingerprint density at radius 1 is 1.00 bits per heavy atom. The molecule has 0 aliphatic rings. The lowest BCUT2D eigenvalue weighted by atomic mass is 9.96. The third-order valence-electron chi connectivity index (χ3n) is 4.26. The molecule has 0 saturated heterocycles. The summed E-state index contributed by atoms with van der Waals surface area (Å²) in [5.74, 6) is -0.800. The highest BCUT2D eigenvalue weighted by atomic mass is 16.6. The summed E-state index contributed by atoms with van der Waals surface area (Å²) in [6.45, 7) is 3.59. The van der Waals surface area contributed by atoms with E-state index in [0.29, 0.717) is 18.6 Å². The molecule has 2 aromatic carbocycles. The Morgan fingerprint density at radius 2 is 1.62 bits per heavy atom. The molecule has 2 N–H and O–H groups in total. The summed E-state index contributed by atoms with van der Waals surface area (Å²) >= 11 is 0. The molecule has 154 valence electrons. The Morgan fingerprint density at radius 3 is 2.21 bits per heavy atom. The smallest absolute Gasteiger partial charge is 0.335 e. The normalized spacial score (nSPS) is 11.5. The fraction of sp³-hybridized carbons (Fsp3) is 0.318. The van der Waals surface area contributed by atoms with E-state index in [9.17, 15) is 14.4 Å². The van der Waals surface area contributed by atoms with Crippen LogP contribution in [-0.4, -0.2) is 23.0 Å². The monoisotopic (exact) mass is 399 g/mol. The SMILES string of the molecule is CC(=O)Oc1ccc(CONC(=O)CCC(C)Cc2ccc(C(=O)O)cc2)cc1. The number of hydrogen-bond acceptors (Lipinski definition) is 5. The Bertz CT molecular complexity index is 829. The van der Waals surface area contributed by atoms with Gasteiger partial charge in [0.1, 0.15) is 5.75 Å². The number of esters is 1. The molecule has 0 fully saturated rings. The maximum atomic E-state index is 11.9. The molecule has 7 nitrogen and oxygen atoms in total. The fourth-order valence-corrected chi connectivity index (χ4v) is 2.74. The zero-order chi connectivity index (χ0) is 21.2. The standard InChI is InChI=1S/C22H25NO6/c1-15(13-17-4-8-19(9-5-17)22(26)27)3-12-21(25)23-28-14-18-6-10-20(11-7-18)29-16(2)24/h4-11,15H,3,12-14H2,1-2H3,(H,23,25)(H,26,27). The number of rotatable bonds is 10. The predicted octanol–water partition coefficient (Wildman–Crippen LogP) is 3.52. The summed E-state index contributed by atoms with van der Waals surface area (Å²) in [7, 11) is 0. The predicted molar refractivity (Wildman–Crippen MR) is 106 cm³/mol. The number of benzene rings is 2. The third kappa shape index (κ3) is 8.15. The van der Waals surface area contributed by atoms with Crippen LogP contribution >= 0.6 is 0 Å². The van der Waals surface area contributed by atoms with E-state index in [4.69, 9.17) is 14.7 Å². The van der Waals surface area contributed by atoms with Crippen molar-refractivity contribution < 1.29 is 29.1 Å². The first-order valence-electron chi connectivity index (χ1n) is 9.33. The number of aromatic carboxylic acids is 1. The number of carbonyl (C=O) groups is 3. The first kappa shape index (κ1) is 22.1. The summed E-state index contributed by atoms with van der Waals surface area (Å²) in [5.41, 5.74) is 4.56. The largest absolute Gasteiger partial charge is 0.478 e. The van der Waals surface area contributed by atoms with Crippen LogP contribution in [0.4, 0.5) is 0 Å². The molecule has 1 amide bonds. The van der Waals surface area contributed by atoms with Gasteiger partial charge < -0.3 is 9.84 Å². The maximum Gasteiger partial charge on any atom is 0.335 e. The van der Waals surface area contributed by atoms with Crippen molar-refractivity contribution in [3.8, 4) is 5.75 Å². The maximum absolute atomic E-state index is 11.9. The van der Waals surface area contributed by atoms with Crippen LogP contribution in [0.15, 0.2) is 48.5 Å². The summed E-state index contributed by atoms with van der Waals surface area (Å²) in [4.78, 5) is 38.9. The van der Waals surface area contributed by atoms with Gasteiger partial charge in [0.05, 0.1) is 12.2 Å². The first-order valence-corrected chi connectivity index (χ1v) is 9.33. The van der Waals surface area contributed by atoms with E-state index in [2.05, 4.69) is 5.48 Å². The van der Waals surface area contributed by atoms with Gasteiger partial charge in [-0.05, 0) is 54.2 Å². The van der Waals surface area contributed by atoms with Crippen LogP contribution in [0.3, 0.4) is 0 Å². The average molecular weight is 399 g/mol. The molecule has 0 aliphatic carbocycles. The topological polar surface area (TPSA) is 102 Å². The van der Waals surface area contributed by atoms with Gasteiger partial charge in [0.25, 0.3) is 0 Å². The minimum absolute atomic E-state index is 0.199. The van der Waals surface area contributed by atoms with E-state index in [1.54, 1.807) is 48.5 Å². The van der Waals surface area contributed by atoms with Gasteiger partial charge in [0.15, 0.2) is 0 Å². The van der Waals surface area contributed by atoms with Crippen molar-refractivity contribution in [3.05, 3.63) is 65.2 Å². The molecule has 0 radical (unpaired) electrons. The molecule has 0 aromatic heterocycles. The van der Waals surface area contributed by atoms with Crippen molar-refractivity contribution in [3.63, 3.8) is 0 Å². The third-order valence-corrected chi connectivity index (χ3v) is 4.26. The fourth-order valence-electron chi connectivity index (χ4n) is 2.74. The van der Waals surface area contributed by atoms with Gasteiger partial charge >= 0.3 is 11.9 Å². The van der Waals surface area contributed by atoms with Gasteiger partial charge in [0.2, 0.25) is 5.91 Å². The first-order chi connectivity index (χ1) is 13.8. The molecule has 0 heterocycles. The highest BCUT2D eigenvalue weighted by molar-refractivity contribution is 5.87. The molecule has 1 unspecified atom stereocenters. The Kier molecular flexibility index (Phi) is 8.36. The molecule has 1 atom stereocenters. The van der Waals surface area contributed by atoms with Crippen LogP contribution in [0.1, 0.15) is 48.2 Å². The highest BCUT2D eigenvalue weighted by Gasteiger charge is 2.09. The van der Waals surface area contributed by atoms with Gasteiger partial charge in [-0.1, -0.05) is 31.2 Å². The summed E-state index contributed by atoms with van der Waals surface area (Å²) in [5, 5.41) is 8.92. The van der Waals surface area contributed by atoms with Crippen LogP contribution in [0, 0.1) is 5.92 Å². The number of nitrogens with one attached hydrogen (secondary N) is 1. The molecule has 0 spiro atoms. The Labute approximate surface area is 169 Å². The highest BCUT2D eigenvalue weighted by Crippen LogP contribution is 2.15. The summed E-state index contributed by atoms with van der Waals surface area (Å²) in [6.07, 6.45) is 1.79. The molecular formula is C22H25NO6. The minimum Gasteiger partial charge on any atom is -0.478 e.